The molecule has 0 aromatic rings. The molecule has 0 aliphatic heterocycles. The SMILES string of the molecule is O.O=[Si](O)O.O=[Si](O)O.O=[Si](O)O.[GaH3].[GaH3]. The molecule has 0 atom stereocenters. The number of hydrogen-bond acceptors (Lipinski definition) is 3. The summed E-state index contributed by atoms with van der Waals surface area (Å²) in [6.45, 7) is 0. The molecule has 0 bridgehead atoms. The Morgan fingerprint density at radius 1 is 0.533 bits per heavy atom. The summed E-state index contributed by atoms with van der Waals surface area (Å²) in [6.07, 6.45) is 0. The van der Waals surface area contributed by atoms with Gasteiger partial charge in [0.25, 0.3) is 0 Å². The van der Waals surface area contributed by atoms with Gasteiger partial charge in [0.1, 0.15) is 0 Å². The van der Waals surface area contributed by atoms with Crippen LogP contribution in [0.3, 0.4) is 0 Å². The van der Waals surface area contributed by atoms with Gasteiger partial charge < -0.3 is 34.3 Å². The monoisotopic (exact) mass is 396 g/mol. The zero-order valence-corrected chi connectivity index (χ0v) is 8.91. The van der Waals surface area contributed by atoms with Crippen LogP contribution in [-0.4, -0.2) is 101 Å². The van der Waals surface area contributed by atoms with E-state index in [0.29, 0.717) is 0 Å². The maximum absolute atomic E-state index is 8.74. The van der Waals surface area contributed by atoms with Crippen molar-refractivity contribution in [2.75, 3.05) is 0 Å². The Balaban J connectivity index is -0.0000000184. The molecule has 92 valence electrons. The van der Waals surface area contributed by atoms with Crippen molar-refractivity contribution in [2.45, 2.75) is 0 Å². The van der Waals surface area contributed by atoms with Crippen LogP contribution >= 0.6 is 0 Å². The Morgan fingerprint density at radius 3 is 0.533 bits per heavy atom. The van der Waals surface area contributed by atoms with E-state index in [1.54, 1.807) is 0 Å². The fraction of sp³-hybridized carbons (Fsp3) is 0. The summed E-state index contributed by atoms with van der Waals surface area (Å²) in [5.41, 5.74) is 0. The summed E-state index contributed by atoms with van der Waals surface area (Å²) in [5, 5.41) is 0. The second kappa shape index (κ2) is 29.2. The van der Waals surface area contributed by atoms with Crippen molar-refractivity contribution >= 4 is 67.1 Å². The van der Waals surface area contributed by atoms with Crippen molar-refractivity contribution in [2.24, 2.45) is 0 Å². The third-order valence-electron chi connectivity index (χ3n) is 0. The zero-order valence-electron chi connectivity index (χ0n) is 5.91. The summed E-state index contributed by atoms with van der Waals surface area (Å²) in [6, 6.07) is 0. The standard InChI is InChI=1S/2Ga.3H2O3Si.H2O.6H/c;;3*1-4(2)3;;;;;;;/h;;3*1-2H;1H2;;;;;;. The second-order valence-corrected chi connectivity index (χ2v) is 2.54. The Bertz CT molecular complexity index is 116. The quantitative estimate of drug-likeness (QED) is 0.214. The molecule has 15 heteroatoms. The van der Waals surface area contributed by atoms with Gasteiger partial charge in [0.05, 0.1) is 0 Å². The van der Waals surface area contributed by atoms with Crippen LogP contribution in [0.2, 0.25) is 0 Å². The van der Waals surface area contributed by atoms with Crippen LogP contribution in [0, 0.1) is 0 Å². The van der Waals surface area contributed by atoms with Gasteiger partial charge >= 0.3 is 67.1 Å². The Morgan fingerprint density at radius 2 is 0.533 bits per heavy atom. The minimum atomic E-state index is -3.13. The van der Waals surface area contributed by atoms with E-state index in [-0.39, 0.29) is 45.1 Å². The van der Waals surface area contributed by atoms with Gasteiger partial charge in [0, 0.05) is 0 Å². The van der Waals surface area contributed by atoms with Gasteiger partial charge in [-0.25, -0.2) is 0 Å². The van der Waals surface area contributed by atoms with Crippen molar-refractivity contribution in [1.82, 2.24) is 0 Å². The van der Waals surface area contributed by atoms with E-state index < -0.39 is 27.5 Å². The fourth-order valence-corrected chi connectivity index (χ4v) is 0. The first kappa shape index (κ1) is 36.3. The van der Waals surface area contributed by atoms with Gasteiger partial charge in [-0.05, 0) is 0 Å². The van der Waals surface area contributed by atoms with Gasteiger partial charge in [-0.2, -0.15) is 0 Å². The molecule has 0 heterocycles. The molecule has 10 nitrogen and oxygen atoms in total. The van der Waals surface area contributed by atoms with Crippen molar-refractivity contribution in [1.29, 1.82) is 0 Å². The molecular formula is H14Ga2O10Si3. The van der Waals surface area contributed by atoms with Crippen molar-refractivity contribution in [3.63, 3.8) is 0 Å². The predicted octanol–water partition coefficient (Wildman–Crippen LogP) is -8.03. The minimum absolute atomic E-state index is 0. The van der Waals surface area contributed by atoms with E-state index in [1.807, 2.05) is 0 Å². The van der Waals surface area contributed by atoms with Crippen LogP contribution in [0.5, 0.6) is 0 Å². The van der Waals surface area contributed by atoms with Gasteiger partial charge in [-0.15, -0.1) is 0 Å². The van der Waals surface area contributed by atoms with Crippen LogP contribution < -0.4 is 0 Å². The number of rotatable bonds is 0. The molecule has 0 saturated heterocycles. The van der Waals surface area contributed by atoms with Gasteiger partial charge in [0.15, 0.2) is 0 Å². The Hall–Kier alpha value is 0.0834. The molecule has 0 unspecified atom stereocenters. The van der Waals surface area contributed by atoms with Gasteiger partial charge in [-0.1, -0.05) is 0 Å². The van der Waals surface area contributed by atoms with Crippen LogP contribution in [0.1, 0.15) is 0 Å². The summed E-state index contributed by atoms with van der Waals surface area (Å²) in [7, 11) is -9.39. The van der Waals surface area contributed by atoms with E-state index >= 15 is 0 Å². The normalized spacial score (nSPS) is 4.80. The number of hydrogen-bond donors (Lipinski definition) is 6. The average Bonchev–Trinajstić information content (AvgIpc) is 1.54. The molecule has 8 N–H and O–H groups in total. The molecule has 0 spiro atoms. The molecule has 0 rings (SSSR count). The molecular weight excluding hydrogens is 384 g/mol. The molecule has 0 aliphatic carbocycles. The summed E-state index contributed by atoms with van der Waals surface area (Å²) in [5.74, 6) is 0. The van der Waals surface area contributed by atoms with Crippen LogP contribution in [-0.2, 0) is 13.4 Å². The van der Waals surface area contributed by atoms with E-state index in [4.69, 9.17) is 42.2 Å². The van der Waals surface area contributed by atoms with Crippen molar-refractivity contribution in [3.8, 4) is 0 Å². The van der Waals surface area contributed by atoms with E-state index in [9.17, 15) is 0 Å². The van der Waals surface area contributed by atoms with Crippen LogP contribution in [0.15, 0.2) is 0 Å². The van der Waals surface area contributed by atoms with Crippen molar-refractivity contribution in [3.05, 3.63) is 0 Å². The second-order valence-electron chi connectivity index (χ2n) is 0.848. The summed E-state index contributed by atoms with van der Waals surface area (Å²) in [4.78, 5) is 42.9. The van der Waals surface area contributed by atoms with E-state index in [0.717, 1.165) is 0 Å². The Labute approximate surface area is 114 Å². The van der Waals surface area contributed by atoms with E-state index in [1.165, 1.54) is 0 Å². The first-order chi connectivity index (χ1) is 5.20. The van der Waals surface area contributed by atoms with E-state index in [2.05, 4.69) is 0 Å². The Kier molecular flexibility index (Phi) is 70.6. The molecule has 0 saturated carbocycles. The fourth-order valence-electron chi connectivity index (χ4n) is 0. The molecule has 0 radical (unpaired) electrons. The molecule has 0 aliphatic rings. The third-order valence-corrected chi connectivity index (χ3v) is 0. The predicted molar refractivity (Wildman–Crippen MR) is 56.1 cm³/mol. The first-order valence-electron chi connectivity index (χ1n) is 1.95. The topological polar surface area (TPSA) is 204 Å². The van der Waals surface area contributed by atoms with Crippen LogP contribution in [0.25, 0.3) is 0 Å². The average molecular weight is 398 g/mol. The van der Waals surface area contributed by atoms with Gasteiger partial charge in [0.2, 0.25) is 0 Å². The third kappa shape index (κ3) is 296000. The zero-order chi connectivity index (χ0) is 10.7. The van der Waals surface area contributed by atoms with Gasteiger partial charge in [-0.3, -0.25) is 13.4 Å². The molecule has 0 amide bonds. The molecule has 0 aromatic heterocycles. The first-order valence-corrected chi connectivity index (χ1v) is 5.86. The van der Waals surface area contributed by atoms with Crippen LogP contribution in [0.4, 0.5) is 0 Å². The van der Waals surface area contributed by atoms with Crippen molar-refractivity contribution < 1.29 is 47.6 Å². The maximum atomic E-state index is 8.74. The summed E-state index contributed by atoms with van der Waals surface area (Å²) < 4.78 is 26.2. The molecule has 0 fully saturated rings. The summed E-state index contributed by atoms with van der Waals surface area (Å²) >= 11 is 0. The molecule has 15 heavy (non-hydrogen) atoms. The molecule has 0 aromatic carbocycles.